The van der Waals surface area contributed by atoms with Gasteiger partial charge in [0.2, 0.25) is 11.7 Å². The maximum absolute atomic E-state index is 12.2. The maximum Gasteiger partial charge on any atom is 0.291 e. The number of fused-ring (bicyclic) bond motifs is 1. The van der Waals surface area contributed by atoms with Gasteiger partial charge in [0, 0.05) is 24.4 Å². The third-order valence-electron chi connectivity index (χ3n) is 3.91. The van der Waals surface area contributed by atoms with Gasteiger partial charge in [-0.1, -0.05) is 18.2 Å². The van der Waals surface area contributed by atoms with Crippen LogP contribution < -0.4 is 4.74 Å². The lowest BCUT2D eigenvalue weighted by Crippen LogP contribution is -2.31. The number of nitrogens with one attached hydrogen (secondary N) is 1. The molecular weight excluding hydrogens is 294 g/mol. The first-order chi connectivity index (χ1) is 11.3. The van der Waals surface area contributed by atoms with Crippen LogP contribution in [0.1, 0.15) is 17.0 Å². The second-order valence-electron chi connectivity index (χ2n) is 5.46. The molecule has 0 aliphatic carbocycles. The van der Waals surface area contributed by atoms with Gasteiger partial charge in [-0.3, -0.25) is 9.89 Å². The Kier molecular flexibility index (Phi) is 3.38. The molecule has 4 rings (SSSR count). The molecule has 116 valence electrons. The number of nitrogens with zero attached hydrogens (tertiary/aromatic N) is 4. The average molecular weight is 309 g/mol. The van der Waals surface area contributed by atoms with Crippen molar-refractivity contribution >= 4 is 16.8 Å². The van der Waals surface area contributed by atoms with Crippen molar-refractivity contribution in [1.82, 2.24) is 25.1 Å². The van der Waals surface area contributed by atoms with Crippen LogP contribution in [0.15, 0.2) is 42.7 Å². The molecule has 7 heteroatoms. The zero-order chi connectivity index (χ0) is 15.6. The molecule has 3 aromatic rings. The second kappa shape index (κ2) is 5.68. The Morgan fingerprint density at radius 1 is 1.26 bits per heavy atom. The molecule has 1 unspecified atom stereocenters. The van der Waals surface area contributed by atoms with Crippen LogP contribution in [-0.4, -0.2) is 50.2 Å². The summed E-state index contributed by atoms with van der Waals surface area (Å²) in [4.78, 5) is 22.3. The number of hydrogen-bond acceptors (Lipinski definition) is 5. The monoisotopic (exact) mass is 309 g/mol. The SMILES string of the molecule is O=C(c1ncn[nH]1)N1CCC(Oc2ccc3ccccc3n2)C1. The third kappa shape index (κ3) is 2.73. The normalized spacial score (nSPS) is 17.6. The molecule has 1 aromatic carbocycles. The van der Waals surface area contributed by atoms with Crippen molar-refractivity contribution in [3.05, 3.63) is 48.5 Å². The van der Waals surface area contributed by atoms with E-state index in [4.69, 9.17) is 4.74 Å². The van der Waals surface area contributed by atoms with Gasteiger partial charge in [0.25, 0.3) is 5.91 Å². The highest BCUT2D eigenvalue weighted by Gasteiger charge is 2.29. The van der Waals surface area contributed by atoms with E-state index in [9.17, 15) is 4.79 Å². The molecule has 23 heavy (non-hydrogen) atoms. The summed E-state index contributed by atoms with van der Waals surface area (Å²) in [6.45, 7) is 1.16. The van der Waals surface area contributed by atoms with Crippen molar-refractivity contribution in [3.63, 3.8) is 0 Å². The predicted molar refractivity (Wildman–Crippen MR) is 83.1 cm³/mol. The van der Waals surface area contributed by atoms with Gasteiger partial charge in [0.1, 0.15) is 12.4 Å². The van der Waals surface area contributed by atoms with Gasteiger partial charge in [0.15, 0.2) is 0 Å². The molecule has 1 saturated heterocycles. The summed E-state index contributed by atoms with van der Waals surface area (Å²) in [7, 11) is 0. The minimum atomic E-state index is -0.153. The third-order valence-corrected chi connectivity index (χ3v) is 3.91. The number of likely N-dealkylation sites (tertiary alicyclic amines) is 1. The van der Waals surface area contributed by atoms with Crippen molar-refractivity contribution < 1.29 is 9.53 Å². The highest BCUT2D eigenvalue weighted by Crippen LogP contribution is 2.20. The summed E-state index contributed by atoms with van der Waals surface area (Å²) in [6.07, 6.45) is 2.04. The molecule has 0 bridgehead atoms. The zero-order valence-electron chi connectivity index (χ0n) is 12.3. The average Bonchev–Trinajstić information content (AvgIpc) is 3.26. The fourth-order valence-electron chi connectivity index (χ4n) is 2.75. The number of hydrogen-bond donors (Lipinski definition) is 1. The first-order valence-electron chi connectivity index (χ1n) is 7.47. The molecular formula is C16H15N5O2. The van der Waals surface area contributed by atoms with E-state index in [1.54, 1.807) is 4.90 Å². The molecule has 1 atom stereocenters. The maximum atomic E-state index is 12.2. The van der Waals surface area contributed by atoms with Gasteiger partial charge in [-0.15, -0.1) is 0 Å². The van der Waals surface area contributed by atoms with Crippen molar-refractivity contribution in [2.24, 2.45) is 0 Å². The summed E-state index contributed by atoms with van der Waals surface area (Å²) in [5.41, 5.74) is 0.901. The number of para-hydroxylation sites is 1. The Labute approximate surface area is 132 Å². The number of aromatic nitrogens is 4. The van der Waals surface area contributed by atoms with Crippen molar-refractivity contribution in [3.8, 4) is 5.88 Å². The van der Waals surface area contributed by atoms with E-state index in [0.717, 1.165) is 17.3 Å². The summed E-state index contributed by atoms with van der Waals surface area (Å²) < 4.78 is 5.93. The molecule has 1 aliphatic heterocycles. The quantitative estimate of drug-likeness (QED) is 0.795. The number of pyridine rings is 1. The highest BCUT2D eigenvalue weighted by atomic mass is 16.5. The number of amides is 1. The number of carbonyl (C=O) groups is 1. The van der Waals surface area contributed by atoms with Gasteiger partial charge < -0.3 is 9.64 Å². The molecule has 1 fully saturated rings. The van der Waals surface area contributed by atoms with Gasteiger partial charge in [-0.25, -0.2) is 9.97 Å². The van der Waals surface area contributed by atoms with E-state index in [1.807, 2.05) is 36.4 Å². The number of benzene rings is 1. The van der Waals surface area contributed by atoms with Crippen LogP contribution in [0.3, 0.4) is 0 Å². The van der Waals surface area contributed by atoms with E-state index in [-0.39, 0.29) is 17.8 Å². The first kappa shape index (κ1) is 13.7. The summed E-state index contributed by atoms with van der Waals surface area (Å²) >= 11 is 0. The smallest absolute Gasteiger partial charge is 0.291 e. The van der Waals surface area contributed by atoms with Crippen LogP contribution in [0.5, 0.6) is 5.88 Å². The minimum absolute atomic E-state index is 0.0597. The summed E-state index contributed by atoms with van der Waals surface area (Å²) in [5.74, 6) is 0.692. The molecule has 0 radical (unpaired) electrons. The molecule has 1 amide bonds. The Hall–Kier alpha value is -2.96. The Morgan fingerprint density at radius 3 is 3.04 bits per heavy atom. The molecule has 3 heterocycles. The lowest BCUT2D eigenvalue weighted by molar-refractivity contribution is 0.0759. The topological polar surface area (TPSA) is 84.0 Å². The van der Waals surface area contributed by atoms with Crippen molar-refractivity contribution in [2.45, 2.75) is 12.5 Å². The predicted octanol–water partition coefficient (Wildman–Crippen LogP) is 1.65. The van der Waals surface area contributed by atoms with Crippen LogP contribution in [0, 0.1) is 0 Å². The van der Waals surface area contributed by atoms with Crippen LogP contribution in [0.2, 0.25) is 0 Å². The van der Waals surface area contributed by atoms with Crippen molar-refractivity contribution in [1.29, 1.82) is 0 Å². The lowest BCUT2D eigenvalue weighted by atomic mass is 10.2. The van der Waals surface area contributed by atoms with E-state index < -0.39 is 0 Å². The fraction of sp³-hybridized carbons (Fsp3) is 0.250. The van der Waals surface area contributed by atoms with E-state index in [1.165, 1.54) is 6.33 Å². The van der Waals surface area contributed by atoms with Gasteiger partial charge in [0.05, 0.1) is 12.1 Å². The molecule has 2 aromatic heterocycles. The zero-order valence-corrected chi connectivity index (χ0v) is 12.3. The van der Waals surface area contributed by atoms with Crippen LogP contribution in [-0.2, 0) is 0 Å². The van der Waals surface area contributed by atoms with E-state index >= 15 is 0 Å². The fourth-order valence-corrected chi connectivity index (χ4v) is 2.75. The number of H-pyrrole nitrogens is 1. The van der Waals surface area contributed by atoms with Crippen molar-refractivity contribution in [2.75, 3.05) is 13.1 Å². The summed E-state index contributed by atoms with van der Waals surface area (Å²) in [6, 6.07) is 11.8. The van der Waals surface area contributed by atoms with Gasteiger partial charge >= 0.3 is 0 Å². The Morgan fingerprint density at radius 2 is 2.17 bits per heavy atom. The standard InChI is InChI=1S/C16H15N5O2/c22-16(15-17-10-18-20-15)21-8-7-12(9-21)23-14-6-5-11-3-1-2-4-13(11)19-14/h1-6,10,12H,7-9H2,(H,17,18,20). The molecule has 1 N–H and O–H groups in total. The largest absolute Gasteiger partial charge is 0.472 e. The molecule has 0 saturated carbocycles. The summed E-state index contributed by atoms with van der Waals surface area (Å²) in [5, 5.41) is 7.38. The van der Waals surface area contributed by atoms with Gasteiger partial charge in [-0.05, 0) is 12.1 Å². The molecule has 0 spiro atoms. The Balaban J connectivity index is 1.44. The number of ether oxygens (including phenoxy) is 1. The molecule has 1 aliphatic rings. The van der Waals surface area contributed by atoms with Crippen LogP contribution in [0.4, 0.5) is 0 Å². The number of carbonyl (C=O) groups excluding carboxylic acids is 1. The minimum Gasteiger partial charge on any atom is -0.472 e. The first-order valence-corrected chi connectivity index (χ1v) is 7.47. The van der Waals surface area contributed by atoms with Crippen LogP contribution >= 0.6 is 0 Å². The lowest BCUT2D eigenvalue weighted by Gasteiger charge is -2.15. The van der Waals surface area contributed by atoms with E-state index in [2.05, 4.69) is 20.2 Å². The van der Waals surface area contributed by atoms with E-state index in [0.29, 0.717) is 19.0 Å². The Bertz CT molecular complexity index is 833. The second-order valence-corrected chi connectivity index (χ2v) is 5.46. The number of rotatable bonds is 3. The molecule has 7 nitrogen and oxygen atoms in total. The number of aromatic amines is 1. The highest BCUT2D eigenvalue weighted by molar-refractivity contribution is 5.90. The van der Waals surface area contributed by atoms with Crippen LogP contribution in [0.25, 0.3) is 10.9 Å². The van der Waals surface area contributed by atoms with Gasteiger partial charge in [-0.2, -0.15) is 5.10 Å².